The number of primary amides is 1. The number of phenolic OH excluding ortho intramolecular Hbond substituents is 3. The number of aromatic hydroxyl groups is 3. The molecule has 0 aromatic heterocycles. The monoisotopic (exact) mass is 1570 g/mol. The molecule has 0 spiro atoms. The summed E-state index contributed by atoms with van der Waals surface area (Å²) in [5.41, 5.74) is 13.7. The molecule has 36 nitrogen and oxygen atoms in total. The molecule has 8 aliphatic heterocycles. The molecule has 600 valence electrons. The van der Waals surface area contributed by atoms with E-state index in [4.69, 9.17) is 66.7 Å². The van der Waals surface area contributed by atoms with Crippen LogP contribution in [0.1, 0.15) is 125 Å². The van der Waals surface area contributed by atoms with Crippen LogP contribution < -0.4 is 73.9 Å². The van der Waals surface area contributed by atoms with Crippen LogP contribution in [0.2, 0.25) is 5.02 Å². The van der Waals surface area contributed by atoms with Gasteiger partial charge in [-0.3, -0.25) is 38.4 Å². The molecule has 0 saturated carbocycles. The first kappa shape index (κ1) is 82.4. The van der Waals surface area contributed by atoms with Gasteiger partial charge >= 0.3 is 0 Å². The number of fused-ring (bicyclic) bond motifs is 14. The number of rotatable bonds is 15. The standard InChI is InChI=1S/C74H92ClN11O25/c1-28(2)18-39(79-7)65(97)85-55-57(92)32-14-17-43(38(75)19-32)107-45-21-33-20-44(61(45)111-72-62(59(94)58(93)46(27-87)108-72)110-49-26-74(6,78)64(96)30(4)105-49)106-35-15-12-31(13-16-35)60(109-48-25-73(5,77)63(95)29(3)104-48)56-71(103)84-54(67(99)80-8)37-22-34(88)23-42(90)51(37)50-36(10-9-11-41(50)89)53(69(101)86-56)83-68(100)52(33)82-66(98)40(24-47(76)91)81-70(55)102/h9-17,19-23,28-30,39-40,46,48-49,52-60,62-64,72,79,87-90,92-96H,18,24-27,77-78H2,1-8H3,(H2,76,91)(H,80,99)(H,81,102)(H,82,98)(H,83,100)(H,84,103)(H,85,97)(H,86,101)/t29-,30+,39?,40?,46-,48-,49+,52?,53?,54?,55?,56?,57?,58-,59+,60?,62-,63-,64-,72+,73?,74+/m1/s1. The summed E-state index contributed by atoms with van der Waals surface area (Å²) in [5.74, 6) is -14.5. The number of likely N-dealkylation sites (N-methyl/N-ethyl adjacent to an activating group) is 2. The molecule has 10 unspecified atom stereocenters. The van der Waals surface area contributed by atoms with Gasteiger partial charge < -0.3 is 144 Å². The molecule has 0 radical (unpaired) electrons. The van der Waals surface area contributed by atoms with Gasteiger partial charge in [-0.1, -0.05) is 55.8 Å². The Bertz CT molecular complexity index is 4370. The maximum atomic E-state index is 16.5. The zero-order chi connectivity index (χ0) is 80.7. The molecule has 8 amide bonds. The van der Waals surface area contributed by atoms with Crippen molar-refractivity contribution in [2.75, 3.05) is 20.7 Å². The van der Waals surface area contributed by atoms with Crippen LogP contribution in [0.3, 0.4) is 0 Å². The molecule has 3 saturated heterocycles. The van der Waals surface area contributed by atoms with E-state index in [1.165, 1.54) is 90.3 Å². The second kappa shape index (κ2) is 33.4. The summed E-state index contributed by atoms with van der Waals surface area (Å²) in [6.45, 7) is 8.72. The minimum atomic E-state index is -2.37. The number of halogens is 1. The largest absolute Gasteiger partial charge is 0.508 e. The van der Waals surface area contributed by atoms with Gasteiger partial charge in [0.2, 0.25) is 59.3 Å². The summed E-state index contributed by atoms with van der Waals surface area (Å²) < 4.78 is 51.9. The van der Waals surface area contributed by atoms with Crippen LogP contribution >= 0.6 is 11.6 Å². The average molecular weight is 1570 g/mol. The number of benzene rings is 5. The smallest absolute Gasteiger partial charge is 0.248 e. The Labute approximate surface area is 640 Å². The number of nitrogens with two attached hydrogens (primary N) is 3. The van der Waals surface area contributed by atoms with Crippen molar-refractivity contribution in [1.82, 2.24) is 42.5 Å². The predicted octanol–water partition coefficient (Wildman–Crippen LogP) is -0.648. The molecule has 5 aromatic carbocycles. The molecular weight excluding hydrogens is 1480 g/mol. The summed E-state index contributed by atoms with van der Waals surface area (Å²) in [6.07, 6.45) is -22.2. The molecule has 23 N–H and O–H groups in total. The average Bonchev–Trinajstić information content (AvgIpc) is 1.72. The third-order valence-corrected chi connectivity index (χ3v) is 20.6. The minimum Gasteiger partial charge on any atom is -0.508 e. The third-order valence-electron chi connectivity index (χ3n) is 20.3. The van der Waals surface area contributed by atoms with Gasteiger partial charge in [0.25, 0.3) is 0 Å². The van der Waals surface area contributed by atoms with Crippen molar-refractivity contribution in [3.63, 3.8) is 0 Å². The molecule has 8 heterocycles. The predicted molar refractivity (Wildman–Crippen MR) is 387 cm³/mol. The summed E-state index contributed by atoms with van der Waals surface area (Å²) in [7, 11) is 2.68. The Morgan fingerprint density at radius 3 is 1.88 bits per heavy atom. The van der Waals surface area contributed by atoms with E-state index < -0.39 is 256 Å². The molecule has 22 atom stereocenters. The van der Waals surface area contributed by atoms with E-state index in [0.717, 1.165) is 36.4 Å². The molecular formula is C74H92ClN11O25. The Kier molecular flexibility index (Phi) is 24.8. The SMILES string of the molecule is CNC(=O)C1NC(=O)C2NC(=O)C(NC(=O)C3NC(=O)C(CC(N)=O)NC(=O)C(NC(=O)C(CC(C)C)NC)C(O)c4ccc(c(Cl)c4)Oc4cc3cc(c4O[C@@H]3O[C@H](CO)[C@@H](O)[C@H](O)[C@H]3O[C@H]3C[C@](C)(N)[C@H](O)[C@H](C)O3)Oc3ccc(cc3)C2O[C@@H]2CC(C)(N)[C@H](O)[C@@H](C)O2)c2cccc(O)c2-c2c(O)cc(O)cc21. The van der Waals surface area contributed by atoms with E-state index in [1.807, 2.05) is 13.8 Å². The van der Waals surface area contributed by atoms with E-state index in [0.29, 0.717) is 0 Å². The lowest BCUT2D eigenvalue weighted by molar-refractivity contribution is -0.333. The van der Waals surface area contributed by atoms with Crippen LogP contribution in [-0.4, -0.2) is 217 Å². The van der Waals surface area contributed by atoms with Crippen molar-refractivity contribution in [2.45, 2.75) is 201 Å². The van der Waals surface area contributed by atoms with Crippen LogP contribution in [0.15, 0.2) is 84.9 Å². The zero-order valence-electron chi connectivity index (χ0n) is 61.4. The fourth-order valence-corrected chi connectivity index (χ4v) is 14.7. The van der Waals surface area contributed by atoms with Crippen molar-refractivity contribution >= 4 is 58.9 Å². The number of aliphatic hydroxyl groups is 6. The first-order valence-corrected chi connectivity index (χ1v) is 36.1. The quantitative estimate of drug-likeness (QED) is 0.0619. The Morgan fingerprint density at radius 2 is 1.28 bits per heavy atom. The highest BCUT2D eigenvalue weighted by molar-refractivity contribution is 6.32. The van der Waals surface area contributed by atoms with Gasteiger partial charge in [0, 0.05) is 48.2 Å². The number of hydrogen-bond donors (Lipinski definition) is 20. The number of carbonyl (C=O) groups excluding carboxylic acids is 8. The number of hydrogen-bond acceptors (Lipinski definition) is 28. The maximum absolute atomic E-state index is 16.5. The lowest BCUT2D eigenvalue weighted by atomic mass is 9.86. The second-order valence-electron chi connectivity index (χ2n) is 29.4. The van der Waals surface area contributed by atoms with E-state index in [1.54, 1.807) is 0 Å². The summed E-state index contributed by atoms with van der Waals surface area (Å²) in [6, 6.07) is 2.43. The van der Waals surface area contributed by atoms with Crippen LogP contribution in [-0.2, 0) is 62.0 Å². The Morgan fingerprint density at radius 1 is 0.667 bits per heavy atom. The molecule has 5 aromatic rings. The van der Waals surface area contributed by atoms with Crippen molar-refractivity contribution in [1.29, 1.82) is 0 Å². The van der Waals surface area contributed by atoms with Crippen LogP contribution in [0.4, 0.5) is 0 Å². The molecule has 13 rings (SSSR count). The summed E-state index contributed by atoms with van der Waals surface area (Å²) >= 11 is 7.15. The van der Waals surface area contributed by atoms with E-state index >= 15 is 24.0 Å². The fraction of sp³-hybridized carbons (Fsp3) is 0.486. The van der Waals surface area contributed by atoms with Gasteiger partial charge in [0.15, 0.2) is 30.2 Å². The highest BCUT2D eigenvalue weighted by atomic mass is 35.5. The number of carbonyl (C=O) groups is 8. The number of nitrogens with one attached hydrogen (secondary N) is 8. The van der Waals surface area contributed by atoms with Crippen LogP contribution in [0.25, 0.3) is 11.1 Å². The maximum Gasteiger partial charge on any atom is 0.248 e. The van der Waals surface area contributed by atoms with Gasteiger partial charge in [0.05, 0.1) is 48.5 Å². The summed E-state index contributed by atoms with van der Waals surface area (Å²) in [5, 5.41) is 125. The number of amides is 8. The first-order chi connectivity index (χ1) is 52.4. The number of phenols is 3. The normalized spacial score (nSPS) is 32.0. The van der Waals surface area contributed by atoms with E-state index in [9.17, 15) is 60.3 Å². The van der Waals surface area contributed by atoms with E-state index in [-0.39, 0.29) is 52.8 Å². The van der Waals surface area contributed by atoms with Gasteiger partial charge in [0.1, 0.15) is 95.5 Å². The lowest BCUT2D eigenvalue weighted by Crippen LogP contribution is -2.64. The topological polar surface area (TPSA) is 567 Å². The van der Waals surface area contributed by atoms with Gasteiger partial charge in [-0.2, -0.15) is 0 Å². The van der Waals surface area contributed by atoms with Crippen molar-refractivity contribution < 1.29 is 122 Å². The van der Waals surface area contributed by atoms with Crippen LogP contribution in [0, 0.1) is 5.92 Å². The van der Waals surface area contributed by atoms with Crippen LogP contribution in [0.5, 0.6) is 46.0 Å². The molecule has 8 aliphatic rings. The molecule has 9 bridgehead atoms. The Balaban J connectivity index is 1.19. The molecule has 0 aliphatic carbocycles. The lowest BCUT2D eigenvalue weighted by Gasteiger charge is -2.47. The number of ether oxygens (including phenoxy) is 8. The molecule has 37 heteroatoms. The fourth-order valence-electron chi connectivity index (χ4n) is 14.5. The first-order valence-electron chi connectivity index (χ1n) is 35.7. The van der Waals surface area contributed by atoms with Gasteiger partial charge in [-0.05, 0) is 123 Å². The van der Waals surface area contributed by atoms with Gasteiger partial charge in [-0.25, -0.2) is 0 Å². The van der Waals surface area contributed by atoms with E-state index in [2.05, 4.69) is 42.5 Å². The zero-order valence-corrected chi connectivity index (χ0v) is 62.2. The highest BCUT2D eigenvalue weighted by Gasteiger charge is 2.52. The van der Waals surface area contributed by atoms with Crippen molar-refractivity contribution in [3.8, 4) is 57.1 Å². The summed E-state index contributed by atoms with van der Waals surface area (Å²) in [4.78, 5) is 121. The minimum absolute atomic E-state index is 0.00296. The Hall–Kier alpha value is -9.61. The second-order valence-corrected chi connectivity index (χ2v) is 29.8. The number of aliphatic hydroxyl groups excluding tert-OH is 6. The van der Waals surface area contributed by atoms with Crippen molar-refractivity contribution in [3.05, 3.63) is 118 Å². The van der Waals surface area contributed by atoms with Gasteiger partial charge in [-0.15, -0.1) is 0 Å². The third kappa shape index (κ3) is 17.5. The molecule has 111 heavy (non-hydrogen) atoms. The van der Waals surface area contributed by atoms with Crippen molar-refractivity contribution in [2.24, 2.45) is 23.1 Å². The molecule has 3 fully saturated rings. The highest BCUT2D eigenvalue weighted by Crippen LogP contribution is 2.50.